The van der Waals surface area contributed by atoms with E-state index in [1.54, 1.807) is 0 Å². The predicted molar refractivity (Wildman–Crippen MR) is 35.0 cm³/mol. The molecule has 56 valence electrons. The van der Waals surface area contributed by atoms with E-state index in [9.17, 15) is 9.59 Å². The van der Waals surface area contributed by atoms with Gasteiger partial charge in [-0.1, -0.05) is 6.92 Å². The Labute approximate surface area is 58.8 Å². The van der Waals surface area contributed by atoms with Crippen molar-refractivity contribution in [2.75, 3.05) is 0 Å². The summed E-state index contributed by atoms with van der Waals surface area (Å²) in [4.78, 5) is 21.1. The van der Waals surface area contributed by atoms with Crippen molar-refractivity contribution in [2.45, 2.75) is 25.3 Å². The van der Waals surface area contributed by atoms with Crippen LogP contribution in [-0.2, 0) is 9.59 Å². The Morgan fingerprint density at radius 1 is 1.90 bits per heavy atom. The molecule has 0 aromatic heterocycles. The Bertz CT molecular complexity index is 180. The molecule has 0 aromatic carbocycles. The second-order valence-electron chi connectivity index (χ2n) is 2.52. The number of nitrogens with one attached hydrogen (secondary N) is 1. The Balaban J connectivity index is 2.65. The second-order valence-corrected chi connectivity index (χ2v) is 2.52. The molecule has 0 saturated carbocycles. The third-order valence-corrected chi connectivity index (χ3v) is 1.92. The third kappa shape index (κ3) is 0.761. The lowest BCUT2D eigenvalue weighted by Gasteiger charge is -2.38. The topological polar surface area (TPSA) is 72.2 Å². The molecule has 1 unspecified atom stereocenters. The van der Waals surface area contributed by atoms with Gasteiger partial charge in [0.05, 0.1) is 6.42 Å². The number of rotatable bonds is 2. The number of hydrogen-bond acceptors (Lipinski definition) is 2. The van der Waals surface area contributed by atoms with E-state index < -0.39 is 11.4 Å². The van der Waals surface area contributed by atoms with E-state index in [0.717, 1.165) is 0 Å². The van der Waals surface area contributed by atoms with Crippen LogP contribution in [0.2, 0.25) is 0 Å². The van der Waals surface area contributed by atoms with Gasteiger partial charge in [-0.2, -0.15) is 0 Å². The summed E-state index contributed by atoms with van der Waals surface area (Å²) in [6, 6.07) is 0. The van der Waals surface area contributed by atoms with Crippen LogP contribution in [0.25, 0.3) is 0 Å². The van der Waals surface area contributed by atoms with Crippen LogP contribution in [0.3, 0.4) is 0 Å². The van der Waals surface area contributed by atoms with E-state index in [1.807, 2.05) is 6.92 Å². The van der Waals surface area contributed by atoms with Crippen LogP contribution in [0.5, 0.6) is 0 Å². The van der Waals surface area contributed by atoms with Crippen LogP contribution >= 0.6 is 0 Å². The van der Waals surface area contributed by atoms with Crippen molar-refractivity contribution in [3.63, 3.8) is 0 Å². The fourth-order valence-corrected chi connectivity index (χ4v) is 1.06. The van der Waals surface area contributed by atoms with Crippen LogP contribution in [0.15, 0.2) is 0 Å². The molecular formula is C6H10N2O2. The molecular weight excluding hydrogens is 132 g/mol. The molecule has 0 bridgehead atoms. The minimum absolute atomic E-state index is 0.0966. The Morgan fingerprint density at radius 2 is 2.40 bits per heavy atom. The minimum atomic E-state index is -0.725. The van der Waals surface area contributed by atoms with Gasteiger partial charge in [-0.3, -0.25) is 9.59 Å². The first-order valence-corrected chi connectivity index (χ1v) is 3.21. The molecule has 1 aliphatic rings. The molecule has 0 aliphatic carbocycles. The third-order valence-electron chi connectivity index (χ3n) is 1.92. The lowest BCUT2D eigenvalue weighted by Crippen LogP contribution is -2.67. The van der Waals surface area contributed by atoms with Crippen molar-refractivity contribution >= 4 is 11.8 Å². The van der Waals surface area contributed by atoms with Gasteiger partial charge in [0.2, 0.25) is 11.8 Å². The lowest BCUT2D eigenvalue weighted by molar-refractivity contribution is -0.143. The predicted octanol–water partition coefficient (Wildman–Crippen LogP) is -0.860. The molecule has 2 amide bonds. The molecule has 0 spiro atoms. The van der Waals surface area contributed by atoms with Gasteiger partial charge >= 0.3 is 0 Å². The molecule has 1 aliphatic heterocycles. The van der Waals surface area contributed by atoms with Crippen molar-refractivity contribution in [3.8, 4) is 0 Å². The summed E-state index contributed by atoms with van der Waals surface area (Å²) in [6.45, 7) is 1.82. The van der Waals surface area contributed by atoms with E-state index in [4.69, 9.17) is 5.73 Å². The monoisotopic (exact) mass is 142 g/mol. The van der Waals surface area contributed by atoms with E-state index in [2.05, 4.69) is 5.32 Å². The molecule has 1 fully saturated rings. The van der Waals surface area contributed by atoms with Gasteiger partial charge in [0.1, 0.15) is 5.54 Å². The highest BCUT2D eigenvalue weighted by Crippen LogP contribution is 2.22. The average molecular weight is 142 g/mol. The van der Waals surface area contributed by atoms with Gasteiger partial charge in [-0.25, -0.2) is 0 Å². The van der Waals surface area contributed by atoms with Crippen molar-refractivity contribution in [2.24, 2.45) is 5.73 Å². The molecule has 0 radical (unpaired) electrons. The standard InChI is InChI=1S/C6H10N2O2/c1-2-6(5(7)10)3-4(9)8-6/h2-3H2,1H3,(H2,7,10)(H,8,9). The maximum absolute atomic E-state index is 10.7. The van der Waals surface area contributed by atoms with Crippen molar-refractivity contribution in [1.82, 2.24) is 5.32 Å². The number of nitrogens with two attached hydrogens (primary N) is 1. The second kappa shape index (κ2) is 1.97. The Hall–Kier alpha value is -1.06. The zero-order chi connectivity index (χ0) is 7.78. The largest absolute Gasteiger partial charge is 0.368 e. The smallest absolute Gasteiger partial charge is 0.243 e. The normalized spacial score (nSPS) is 30.7. The van der Waals surface area contributed by atoms with Gasteiger partial charge in [0.25, 0.3) is 0 Å². The highest BCUT2D eigenvalue weighted by Gasteiger charge is 2.46. The van der Waals surface area contributed by atoms with Crippen molar-refractivity contribution in [1.29, 1.82) is 0 Å². The molecule has 3 N–H and O–H groups in total. The Morgan fingerprint density at radius 3 is 2.50 bits per heavy atom. The number of carbonyl (C=O) groups excluding carboxylic acids is 2. The molecule has 1 atom stereocenters. The van der Waals surface area contributed by atoms with E-state index in [1.165, 1.54) is 0 Å². The molecule has 1 saturated heterocycles. The van der Waals surface area contributed by atoms with Gasteiger partial charge in [-0.05, 0) is 6.42 Å². The quantitative estimate of drug-likeness (QED) is 0.492. The highest BCUT2D eigenvalue weighted by molar-refractivity contribution is 6.00. The fourth-order valence-electron chi connectivity index (χ4n) is 1.06. The highest BCUT2D eigenvalue weighted by atomic mass is 16.2. The van der Waals surface area contributed by atoms with Crippen molar-refractivity contribution < 1.29 is 9.59 Å². The summed E-state index contributed by atoms with van der Waals surface area (Å²) < 4.78 is 0. The number of primary amides is 1. The fraction of sp³-hybridized carbons (Fsp3) is 0.667. The first-order chi connectivity index (χ1) is 4.60. The molecule has 4 heteroatoms. The minimum Gasteiger partial charge on any atom is -0.368 e. The summed E-state index contributed by atoms with van der Waals surface area (Å²) in [6.07, 6.45) is 0.826. The van der Waals surface area contributed by atoms with Gasteiger partial charge in [-0.15, -0.1) is 0 Å². The summed E-state index contributed by atoms with van der Waals surface area (Å²) in [5, 5.41) is 2.49. The molecule has 0 aromatic rings. The first kappa shape index (κ1) is 7.05. The van der Waals surface area contributed by atoms with Gasteiger partial charge in [0, 0.05) is 0 Å². The average Bonchev–Trinajstić information content (AvgIpc) is 1.79. The van der Waals surface area contributed by atoms with E-state index in [0.29, 0.717) is 6.42 Å². The maximum atomic E-state index is 10.7. The van der Waals surface area contributed by atoms with Crippen LogP contribution in [0, 0.1) is 0 Å². The number of β-lactam (4-membered cyclic amide) rings is 1. The zero-order valence-corrected chi connectivity index (χ0v) is 5.81. The Kier molecular flexibility index (Phi) is 1.39. The van der Waals surface area contributed by atoms with E-state index >= 15 is 0 Å². The molecule has 10 heavy (non-hydrogen) atoms. The van der Waals surface area contributed by atoms with E-state index in [-0.39, 0.29) is 12.3 Å². The SMILES string of the molecule is CCC1(C(N)=O)CC(=O)N1. The molecule has 1 heterocycles. The van der Waals surface area contributed by atoms with Crippen LogP contribution in [-0.4, -0.2) is 17.4 Å². The molecule has 1 rings (SSSR count). The summed E-state index contributed by atoms with van der Waals surface area (Å²) in [5.74, 6) is -0.532. The van der Waals surface area contributed by atoms with Crippen LogP contribution in [0.4, 0.5) is 0 Å². The summed E-state index contributed by atoms with van der Waals surface area (Å²) in [5.41, 5.74) is 4.33. The summed E-state index contributed by atoms with van der Waals surface area (Å²) >= 11 is 0. The number of carbonyl (C=O) groups is 2. The zero-order valence-electron chi connectivity index (χ0n) is 5.81. The first-order valence-electron chi connectivity index (χ1n) is 3.21. The van der Waals surface area contributed by atoms with Gasteiger partial charge < -0.3 is 11.1 Å². The van der Waals surface area contributed by atoms with Gasteiger partial charge in [0.15, 0.2) is 0 Å². The summed E-state index contributed by atoms with van der Waals surface area (Å²) in [7, 11) is 0. The number of amides is 2. The van der Waals surface area contributed by atoms with Crippen LogP contribution < -0.4 is 11.1 Å². The lowest BCUT2D eigenvalue weighted by atomic mass is 9.84. The van der Waals surface area contributed by atoms with Crippen LogP contribution in [0.1, 0.15) is 19.8 Å². The molecule has 4 nitrogen and oxygen atoms in total. The number of hydrogen-bond donors (Lipinski definition) is 2. The van der Waals surface area contributed by atoms with Crippen molar-refractivity contribution in [3.05, 3.63) is 0 Å². The maximum Gasteiger partial charge on any atom is 0.243 e.